The molecule has 3 N–H and O–H groups in total. The van der Waals surface area contributed by atoms with Gasteiger partial charge < -0.3 is 25.4 Å². The third-order valence-corrected chi connectivity index (χ3v) is 4.94. The zero-order valence-corrected chi connectivity index (χ0v) is 20.1. The van der Waals surface area contributed by atoms with E-state index in [9.17, 15) is 9.90 Å². The molecule has 1 saturated heterocycles. The second-order valence-electron chi connectivity index (χ2n) is 8.11. The average molecular weight is 498 g/mol. The van der Waals surface area contributed by atoms with Crippen LogP contribution in [0.4, 0.5) is 4.79 Å². The van der Waals surface area contributed by atoms with Crippen molar-refractivity contribution in [2.45, 2.75) is 72.4 Å². The Morgan fingerprint density at radius 3 is 2.37 bits per heavy atom. The van der Waals surface area contributed by atoms with Crippen molar-refractivity contribution < 1.29 is 14.6 Å². The number of hydrogen-bond acceptors (Lipinski definition) is 4. The third kappa shape index (κ3) is 8.85. The van der Waals surface area contributed by atoms with Gasteiger partial charge in [-0.1, -0.05) is 13.8 Å². The fraction of sp³-hybridized carbons (Fsp3) is 0.895. The second-order valence-corrected chi connectivity index (χ2v) is 8.11. The van der Waals surface area contributed by atoms with E-state index >= 15 is 0 Å². The first-order valence-electron chi connectivity index (χ1n) is 9.82. The molecule has 8 heteroatoms. The highest BCUT2D eigenvalue weighted by Crippen LogP contribution is 2.26. The number of alkyl carbamates (subject to hydrolysis) is 1. The number of carbonyl (C=O) groups is 1. The quantitative estimate of drug-likeness (QED) is 0.286. The number of hydrogen-bond donors (Lipinski definition) is 3. The molecule has 1 aliphatic rings. The Hall–Kier alpha value is -0.770. The van der Waals surface area contributed by atoms with Gasteiger partial charge in [-0.2, -0.15) is 0 Å². The predicted molar refractivity (Wildman–Crippen MR) is 121 cm³/mol. The summed E-state index contributed by atoms with van der Waals surface area (Å²) >= 11 is 0. The van der Waals surface area contributed by atoms with Crippen LogP contribution in [-0.2, 0) is 4.74 Å². The monoisotopic (exact) mass is 498 g/mol. The normalized spacial score (nSPS) is 18.1. The van der Waals surface area contributed by atoms with Gasteiger partial charge in [0.25, 0.3) is 0 Å². The molecule has 7 nitrogen and oxygen atoms in total. The van der Waals surface area contributed by atoms with Crippen LogP contribution in [-0.4, -0.2) is 66.5 Å². The Morgan fingerprint density at radius 1 is 1.26 bits per heavy atom. The number of guanidine groups is 1. The first kappa shape index (κ1) is 26.2. The number of nitrogens with zero attached hydrogens (tertiary/aromatic N) is 2. The van der Waals surface area contributed by atoms with E-state index in [4.69, 9.17) is 9.73 Å². The standard InChI is InChI=1S/C19H38N4O3.HI/c1-7-19(8-2,14-24)13-21-16(20-9-3)23-11-10-15(12-23)22-17(25)26-18(4,5)6;/h15,24H,7-14H2,1-6H3,(H,20,21)(H,22,25);1H/t15-;/m1./s1. The van der Waals surface area contributed by atoms with E-state index in [0.29, 0.717) is 13.1 Å². The van der Waals surface area contributed by atoms with E-state index in [1.807, 2.05) is 27.7 Å². The number of amides is 1. The van der Waals surface area contributed by atoms with Crippen LogP contribution in [0.15, 0.2) is 4.99 Å². The van der Waals surface area contributed by atoms with E-state index < -0.39 is 5.60 Å². The number of aliphatic hydroxyl groups excluding tert-OH is 1. The summed E-state index contributed by atoms with van der Waals surface area (Å²) in [6.45, 7) is 14.9. The lowest BCUT2D eigenvalue weighted by atomic mass is 9.83. The maximum absolute atomic E-state index is 12.0. The summed E-state index contributed by atoms with van der Waals surface area (Å²) < 4.78 is 5.34. The molecule has 1 rings (SSSR count). The molecule has 27 heavy (non-hydrogen) atoms. The highest BCUT2D eigenvalue weighted by molar-refractivity contribution is 14.0. The topological polar surface area (TPSA) is 86.2 Å². The van der Waals surface area contributed by atoms with Crippen LogP contribution in [0.1, 0.15) is 60.8 Å². The molecule has 1 aliphatic heterocycles. The third-order valence-electron chi connectivity index (χ3n) is 4.94. The molecule has 0 bridgehead atoms. The SMILES string of the molecule is CCNC(=NCC(CC)(CC)CO)N1CC[C@@H](NC(=O)OC(C)(C)C)C1.I. The Balaban J connectivity index is 0.00000676. The van der Waals surface area contributed by atoms with Gasteiger partial charge in [0.1, 0.15) is 5.60 Å². The molecule has 0 saturated carbocycles. The summed E-state index contributed by atoms with van der Waals surface area (Å²) in [4.78, 5) is 18.9. The molecule has 0 aliphatic carbocycles. The molecular formula is C19H39IN4O3. The zero-order valence-electron chi connectivity index (χ0n) is 17.8. The Kier molecular flexibility index (Phi) is 11.6. The number of rotatable bonds is 7. The van der Waals surface area contributed by atoms with Gasteiger partial charge in [0, 0.05) is 25.0 Å². The smallest absolute Gasteiger partial charge is 0.407 e. The van der Waals surface area contributed by atoms with Gasteiger partial charge in [0.05, 0.1) is 19.2 Å². The maximum Gasteiger partial charge on any atom is 0.407 e. The number of likely N-dealkylation sites (tertiary alicyclic amines) is 1. The Bertz CT molecular complexity index is 468. The van der Waals surface area contributed by atoms with Gasteiger partial charge in [-0.3, -0.25) is 4.99 Å². The minimum Gasteiger partial charge on any atom is -0.444 e. The summed E-state index contributed by atoms with van der Waals surface area (Å²) in [6, 6.07) is 0.0497. The number of aliphatic imine (C=N–C) groups is 1. The van der Waals surface area contributed by atoms with Crippen LogP contribution < -0.4 is 10.6 Å². The number of aliphatic hydroxyl groups is 1. The van der Waals surface area contributed by atoms with Crippen molar-refractivity contribution in [2.75, 3.05) is 32.8 Å². The number of carbonyl (C=O) groups excluding carboxylic acids is 1. The van der Waals surface area contributed by atoms with Crippen LogP contribution in [0.3, 0.4) is 0 Å². The molecule has 0 radical (unpaired) electrons. The largest absolute Gasteiger partial charge is 0.444 e. The van der Waals surface area contributed by atoms with Gasteiger partial charge >= 0.3 is 6.09 Å². The van der Waals surface area contributed by atoms with Gasteiger partial charge in [-0.15, -0.1) is 24.0 Å². The van der Waals surface area contributed by atoms with E-state index in [2.05, 4.69) is 29.4 Å². The Morgan fingerprint density at radius 2 is 1.89 bits per heavy atom. The fourth-order valence-corrected chi connectivity index (χ4v) is 2.96. The molecule has 1 heterocycles. The summed E-state index contributed by atoms with van der Waals surface area (Å²) in [7, 11) is 0. The first-order valence-corrected chi connectivity index (χ1v) is 9.82. The molecular weight excluding hydrogens is 459 g/mol. The van der Waals surface area contributed by atoms with Gasteiger partial charge in [0.15, 0.2) is 5.96 Å². The molecule has 0 aromatic carbocycles. The first-order chi connectivity index (χ1) is 12.2. The Labute approximate surface area is 181 Å². The van der Waals surface area contributed by atoms with Crippen molar-refractivity contribution in [2.24, 2.45) is 10.4 Å². The molecule has 0 aromatic rings. The van der Waals surface area contributed by atoms with Crippen molar-refractivity contribution >= 4 is 36.0 Å². The molecule has 1 fully saturated rings. The fourth-order valence-electron chi connectivity index (χ4n) is 2.96. The van der Waals surface area contributed by atoms with E-state index in [0.717, 1.165) is 38.3 Å². The molecule has 1 amide bonds. The number of nitrogens with one attached hydrogen (secondary N) is 2. The van der Waals surface area contributed by atoms with Crippen molar-refractivity contribution in [1.29, 1.82) is 0 Å². The molecule has 0 aromatic heterocycles. The zero-order chi connectivity index (χ0) is 19.8. The summed E-state index contributed by atoms with van der Waals surface area (Å²) in [5, 5.41) is 16.0. The highest BCUT2D eigenvalue weighted by atomic mass is 127. The molecule has 0 unspecified atom stereocenters. The van der Waals surface area contributed by atoms with E-state index in [-0.39, 0.29) is 48.1 Å². The minimum atomic E-state index is -0.493. The molecule has 1 atom stereocenters. The predicted octanol–water partition coefficient (Wildman–Crippen LogP) is 2.97. The van der Waals surface area contributed by atoms with Crippen LogP contribution in [0.2, 0.25) is 0 Å². The van der Waals surface area contributed by atoms with Gasteiger partial charge in [-0.05, 0) is 47.0 Å². The number of halogens is 1. The molecule has 160 valence electrons. The number of ether oxygens (including phenoxy) is 1. The maximum atomic E-state index is 12.0. The second kappa shape index (κ2) is 11.9. The van der Waals surface area contributed by atoms with Crippen LogP contribution in [0.5, 0.6) is 0 Å². The summed E-state index contributed by atoms with van der Waals surface area (Å²) in [6.07, 6.45) is 2.27. The minimum absolute atomic E-state index is 0. The average Bonchev–Trinajstić information content (AvgIpc) is 3.01. The van der Waals surface area contributed by atoms with Crippen molar-refractivity contribution in [3.8, 4) is 0 Å². The van der Waals surface area contributed by atoms with Gasteiger partial charge in [0.2, 0.25) is 0 Å². The van der Waals surface area contributed by atoms with Crippen molar-refractivity contribution in [3.05, 3.63) is 0 Å². The van der Waals surface area contributed by atoms with E-state index in [1.54, 1.807) is 0 Å². The summed E-state index contributed by atoms with van der Waals surface area (Å²) in [5.41, 5.74) is -0.652. The summed E-state index contributed by atoms with van der Waals surface area (Å²) in [5.74, 6) is 0.848. The van der Waals surface area contributed by atoms with Crippen LogP contribution >= 0.6 is 24.0 Å². The van der Waals surface area contributed by atoms with E-state index in [1.165, 1.54) is 0 Å². The van der Waals surface area contributed by atoms with Crippen LogP contribution in [0.25, 0.3) is 0 Å². The van der Waals surface area contributed by atoms with Gasteiger partial charge in [-0.25, -0.2) is 4.79 Å². The lowest BCUT2D eigenvalue weighted by molar-refractivity contribution is 0.0507. The van der Waals surface area contributed by atoms with Crippen molar-refractivity contribution in [3.63, 3.8) is 0 Å². The van der Waals surface area contributed by atoms with Crippen molar-refractivity contribution in [1.82, 2.24) is 15.5 Å². The lowest BCUT2D eigenvalue weighted by Gasteiger charge is -2.29. The lowest BCUT2D eigenvalue weighted by Crippen LogP contribution is -2.44. The molecule has 0 spiro atoms. The highest BCUT2D eigenvalue weighted by Gasteiger charge is 2.29. The van der Waals surface area contributed by atoms with Crippen LogP contribution in [0, 0.1) is 5.41 Å².